The van der Waals surface area contributed by atoms with Gasteiger partial charge in [0.2, 0.25) is 0 Å². The topological polar surface area (TPSA) is 43.0 Å². The van der Waals surface area contributed by atoms with E-state index < -0.39 is 0 Å². The van der Waals surface area contributed by atoms with Gasteiger partial charge in [-0.15, -0.1) is 0 Å². The van der Waals surface area contributed by atoms with Crippen molar-refractivity contribution in [3.8, 4) is 0 Å². The van der Waals surface area contributed by atoms with E-state index >= 15 is 0 Å². The Kier molecular flexibility index (Phi) is 4.44. The van der Waals surface area contributed by atoms with Crippen LogP contribution in [0.1, 0.15) is 61.9 Å². The number of nitrogens with zero attached hydrogens (tertiary/aromatic N) is 2. The van der Waals surface area contributed by atoms with E-state index in [1.54, 1.807) is 0 Å². The predicted molar refractivity (Wildman–Crippen MR) is 83.3 cm³/mol. The van der Waals surface area contributed by atoms with E-state index in [1.807, 2.05) is 7.05 Å². The molecule has 0 aliphatic heterocycles. The van der Waals surface area contributed by atoms with E-state index in [9.17, 15) is 0 Å². The van der Waals surface area contributed by atoms with Gasteiger partial charge in [0.25, 0.3) is 0 Å². The summed E-state index contributed by atoms with van der Waals surface area (Å²) >= 11 is 0. The van der Waals surface area contributed by atoms with Crippen LogP contribution in [0, 0.1) is 0 Å². The first-order valence-corrected chi connectivity index (χ1v) is 8.10. The van der Waals surface area contributed by atoms with Crippen LogP contribution in [0.3, 0.4) is 0 Å². The van der Waals surface area contributed by atoms with Gasteiger partial charge < -0.3 is 9.73 Å². The van der Waals surface area contributed by atoms with Gasteiger partial charge in [0.1, 0.15) is 11.5 Å². The SMILES string of the molecule is CCc1ccc(C(Cc2ccn(C3CCCC3)n2)NC)o1. The highest BCUT2D eigenvalue weighted by atomic mass is 16.3. The largest absolute Gasteiger partial charge is 0.464 e. The first-order valence-electron chi connectivity index (χ1n) is 8.10. The third-order valence-electron chi connectivity index (χ3n) is 4.50. The van der Waals surface area contributed by atoms with Gasteiger partial charge in [0.15, 0.2) is 0 Å². The number of nitrogens with one attached hydrogen (secondary N) is 1. The van der Waals surface area contributed by atoms with E-state index in [1.165, 1.54) is 25.7 Å². The lowest BCUT2D eigenvalue weighted by molar-refractivity contribution is 0.402. The molecule has 0 amide bonds. The third kappa shape index (κ3) is 3.21. The normalized spacial score (nSPS) is 17.4. The molecule has 2 heterocycles. The van der Waals surface area contributed by atoms with Crippen LogP contribution in [0.25, 0.3) is 0 Å². The van der Waals surface area contributed by atoms with Crippen molar-refractivity contribution in [1.29, 1.82) is 0 Å². The van der Waals surface area contributed by atoms with Gasteiger partial charge in [0, 0.05) is 19.0 Å². The molecule has 114 valence electrons. The van der Waals surface area contributed by atoms with Crippen LogP contribution in [-0.4, -0.2) is 16.8 Å². The Hall–Kier alpha value is -1.55. The van der Waals surface area contributed by atoms with E-state index in [0.717, 1.165) is 30.1 Å². The monoisotopic (exact) mass is 287 g/mol. The van der Waals surface area contributed by atoms with Crippen molar-refractivity contribution in [2.24, 2.45) is 0 Å². The molecule has 0 aromatic carbocycles. The summed E-state index contributed by atoms with van der Waals surface area (Å²) in [5.41, 5.74) is 1.13. The fourth-order valence-corrected chi connectivity index (χ4v) is 3.18. The van der Waals surface area contributed by atoms with Crippen molar-refractivity contribution in [2.75, 3.05) is 7.05 Å². The lowest BCUT2D eigenvalue weighted by Gasteiger charge is -2.13. The minimum Gasteiger partial charge on any atom is -0.464 e. The molecule has 0 saturated heterocycles. The van der Waals surface area contributed by atoms with Crippen molar-refractivity contribution < 1.29 is 4.42 Å². The van der Waals surface area contributed by atoms with Crippen molar-refractivity contribution in [3.05, 3.63) is 41.6 Å². The number of aryl methyl sites for hydroxylation is 1. The van der Waals surface area contributed by atoms with Gasteiger partial charge in [-0.05, 0) is 38.1 Å². The number of aromatic nitrogens is 2. The van der Waals surface area contributed by atoms with E-state index in [0.29, 0.717) is 6.04 Å². The quantitative estimate of drug-likeness (QED) is 0.881. The van der Waals surface area contributed by atoms with Crippen molar-refractivity contribution in [1.82, 2.24) is 15.1 Å². The molecule has 1 fully saturated rings. The van der Waals surface area contributed by atoms with Gasteiger partial charge in [-0.3, -0.25) is 4.68 Å². The molecule has 1 atom stereocenters. The lowest BCUT2D eigenvalue weighted by Crippen LogP contribution is -2.18. The minimum absolute atomic E-state index is 0.192. The molecule has 2 aromatic rings. The maximum Gasteiger partial charge on any atom is 0.121 e. The van der Waals surface area contributed by atoms with Crippen molar-refractivity contribution in [3.63, 3.8) is 0 Å². The maximum absolute atomic E-state index is 5.87. The first-order chi connectivity index (χ1) is 10.3. The molecule has 21 heavy (non-hydrogen) atoms. The second-order valence-corrected chi connectivity index (χ2v) is 5.93. The van der Waals surface area contributed by atoms with Gasteiger partial charge in [0.05, 0.1) is 17.8 Å². The average molecular weight is 287 g/mol. The van der Waals surface area contributed by atoms with Crippen LogP contribution in [0.15, 0.2) is 28.8 Å². The standard InChI is InChI=1S/C17H25N3O/c1-3-15-8-9-17(21-15)16(18-2)12-13-10-11-20(19-13)14-6-4-5-7-14/h8-11,14,16,18H,3-7,12H2,1-2H3. The molecule has 1 saturated carbocycles. The molecule has 1 aliphatic rings. The zero-order valence-electron chi connectivity index (χ0n) is 13.0. The van der Waals surface area contributed by atoms with Gasteiger partial charge in [-0.25, -0.2) is 0 Å². The molecule has 1 aliphatic carbocycles. The maximum atomic E-state index is 5.87. The Labute approximate surface area is 126 Å². The second-order valence-electron chi connectivity index (χ2n) is 5.93. The second kappa shape index (κ2) is 6.48. The molecule has 0 spiro atoms. The summed E-state index contributed by atoms with van der Waals surface area (Å²) in [6.07, 6.45) is 9.16. The fraction of sp³-hybridized carbons (Fsp3) is 0.588. The highest BCUT2D eigenvalue weighted by Crippen LogP contribution is 2.29. The molecule has 4 heteroatoms. The summed E-state index contributed by atoms with van der Waals surface area (Å²) in [4.78, 5) is 0. The summed E-state index contributed by atoms with van der Waals surface area (Å²) in [5.74, 6) is 2.05. The summed E-state index contributed by atoms with van der Waals surface area (Å²) in [7, 11) is 1.98. The van der Waals surface area contributed by atoms with E-state index in [-0.39, 0.29) is 6.04 Å². The average Bonchev–Trinajstić information content (AvgIpc) is 3.23. The Morgan fingerprint density at radius 3 is 2.81 bits per heavy atom. The molecule has 4 nitrogen and oxygen atoms in total. The molecule has 3 rings (SSSR count). The Balaban J connectivity index is 1.68. The van der Waals surface area contributed by atoms with Crippen LogP contribution in [-0.2, 0) is 12.8 Å². The molecule has 0 radical (unpaired) electrons. The first kappa shape index (κ1) is 14.4. The van der Waals surface area contributed by atoms with Crippen LogP contribution in [0.2, 0.25) is 0 Å². The smallest absolute Gasteiger partial charge is 0.121 e. The van der Waals surface area contributed by atoms with Crippen LogP contribution >= 0.6 is 0 Å². The summed E-state index contributed by atoms with van der Waals surface area (Å²) in [5, 5.41) is 8.11. The number of furan rings is 1. The molecule has 1 N–H and O–H groups in total. The van der Waals surface area contributed by atoms with Crippen molar-refractivity contribution >= 4 is 0 Å². The number of hydrogen-bond donors (Lipinski definition) is 1. The molecule has 1 unspecified atom stereocenters. The van der Waals surface area contributed by atoms with Crippen LogP contribution in [0.4, 0.5) is 0 Å². The Morgan fingerprint density at radius 2 is 2.14 bits per heavy atom. The summed E-state index contributed by atoms with van der Waals surface area (Å²) in [6, 6.07) is 7.09. The van der Waals surface area contributed by atoms with E-state index in [4.69, 9.17) is 9.52 Å². The van der Waals surface area contributed by atoms with Gasteiger partial charge >= 0.3 is 0 Å². The van der Waals surface area contributed by atoms with Crippen LogP contribution in [0.5, 0.6) is 0 Å². The molecular formula is C17H25N3O. The van der Waals surface area contributed by atoms with E-state index in [2.05, 4.69) is 41.3 Å². The number of hydrogen-bond acceptors (Lipinski definition) is 3. The molecular weight excluding hydrogens is 262 g/mol. The van der Waals surface area contributed by atoms with Gasteiger partial charge in [-0.1, -0.05) is 19.8 Å². The number of likely N-dealkylation sites (N-methyl/N-ethyl adjacent to an activating group) is 1. The fourth-order valence-electron chi connectivity index (χ4n) is 3.18. The highest BCUT2D eigenvalue weighted by molar-refractivity contribution is 5.14. The predicted octanol–water partition coefficient (Wildman–Crippen LogP) is 3.66. The lowest BCUT2D eigenvalue weighted by atomic mass is 10.1. The minimum atomic E-state index is 0.192. The third-order valence-corrected chi connectivity index (χ3v) is 4.50. The van der Waals surface area contributed by atoms with Crippen molar-refractivity contribution in [2.45, 2.75) is 57.5 Å². The summed E-state index contributed by atoms with van der Waals surface area (Å²) in [6.45, 7) is 2.11. The van der Waals surface area contributed by atoms with Crippen LogP contribution < -0.4 is 5.32 Å². The Bertz CT molecular complexity index is 566. The summed E-state index contributed by atoms with van der Waals surface area (Å²) < 4.78 is 8.03. The Morgan fingerprint density at radius 1 is 1.33 bits per heavy atom. The highest BCUT2D eigenvalue weighted by Gasteiger charge is 2.19. The molecule has 2 aromatic heterocycles. The molecule has 0 bridgehead atoms. The number of rotatable bonds is 6. The zero-order valence-corrected chi connectivity index (χ0v) is 13.0. The van der Waals surface area contributed by atoms with Gasteiger partial charge in [-0.2, -0.15) is 5.10 Å². The zero-order chi connectivity index (χ0) is 14.7.